The highest BCUT2D eigenvalue weighted by molar-refractivity contribution is 6.00. The predicted molar refractivity (Wildman–Crippen MR) is 72.6 cm³/mol. The van der Waals surface area contributed by atoms with Crippen LogP contribution in [0.1, 0.15) is 25.7 Å². The summed E-state index contributed by atoms with van der Waals surface area (Å²) in [4.78, 5) is 14.0. The number of halogens is 3. The second-order valence-electron chi connectivity index (χ2n) is 6.17. The second-order valence-corrected chi connectivity index (χ2v) is 6.17. The lowest BCUT2D eigenvalue weighted by Crippen LogP contribution is -2.49. The van der Waals surface area contributed by atoms with Crippen molar-refractivity contribution in [3.05, 3.63) is 30.1 Å². The lowest BCUT2D eigenvalue weighted by atomic mass is 9.69. The van der Waals surface area contributed by atoms with E-state index in [1.54, 1.807) is 6.07 Å². The van der Waals surface area contributed by atoms with Crippen LogP contribution in [0.4, 0.5) is 18.9 Å². The largest absolute Gasteiger partial charge is 0.327 e. The average molecular weight is 298 g/mol. The molecule has 3 rings (SSSR count). The van der Waals surface area contributed by atoms with Crippen LogP contribution in [0.2, 0.25) is 0 Å². The molecule has 21 heavy (non-hydrogen) atoms. The fourth-order valence-electron chi connectivity index (χ4n) is 3.66. The molecule has 2 aliphatic rings. The van der Waals surface area contributed by atoms with Gasteiger partial charge >= 0.3 is 0 Å². The van der Waals surface area contributed by atoms with Crippen LogP contribution in [-0.4, -0.2) is 24.4 Å². The number of hydrogen-bond acceptors (Lipinski definition) is 2. The van der Waals surface area contributed by atoms with Crippen LogP contribution in [0.5, 0.6) is 0 Å². The molecule has 1 aromatic carbocycles. The van der Waals surface area contributed by atoms with E-state index >= 15 is 0 Å². The number of alkyl halides is 2. The third kappa shape index (κ3) is 2.52. The Kier molecular flexibility index (Phi) is 3.24. The molecule has 1 spiro atoms. The molecule has 114 valence electrons. The maximum absolute atomic E-state index is 13.8. The Hall–Kier alpha value is -1.56. The highest BCUT2D eigenvalue weighted by atomic mass is 19.3. The van der Waals surface area contributed by atoms with Gasteiger partial charge < -0.3 is 10.6 Å². The number of benzene rings is 1. The standard InChI is InChI=1S/C15H17F3N2O/c16-10-2-1-3-12(6-10)20-5-4-14(13(20)21)7-11(19)8-15(17,18)9-14/h1-3,6,11H,4-5,7-9,19H2/t11-,14-/m1/s1. The first-order valence-electron chi connectivity index (χ1n) is 7.02. The molecule has 1 aliphatic heterocycles. The van der Waals surface area contributed by atoms with Crippen LogP contribution in [0.3, 0.4) is 0 Å². The Morgan fingerprint density at radius 2 is 2.05 bits per heavy atom. The van der Waals surface area contributed by atoms with Gasteiger partial charge in [-0.1, -0.05) is 6.07 Å². The lowest BCUT2D eigenvalue weighted by Gasteiger charge is -2.39. The van der Waals surface area contributed by atoms with Crippen LogP contribution in [0.15, 0.2) is 24.3 Å². The summed E-state index contributed by atoms with van der Waals surface area (Å²) in [6.07, 6.45) is -0.223. The van der Waals surface area contributed by atoms with E-state index < -0.39 is 29.6 Å². The van der Waals surface area contributed by atoms with E-state index in [1.165, 1.54) is 23.1 Å². The Balaban J connectivity index is 1.89. The first-order chi connectivity index (χ1) is 9.81. The number of anilines is 1. The summed E-state index contributed by atoms with van der Waals surface area (Å²) >= 11 is 0. The van der Waals surface area contributed by atoms with Crippen molar-refractivity contribution in [3.8, 4) is 0 Å². The minimum Gasteiger partial charge on any atom is -0.327 e. The van der Waals surface area contributed by atoms with Gasteiger partial charge in [-0.25, -0.2) is 13.2 Å². The summed E-state index contributed by atoms with van der Waals surface area (Å²) in [6.45, 7) is 0.324. The van der Waals surface area contributed by atoms with Gasteiger partial charge in [0.25, 0.3) is 5.92 Å². The molecule has 1 aliphatic carbocycles. The minimum absolute atomic E-state index is 0.271. The summed E-state index contributed by atoms with van der Waals surface area (Å²) < 4.78 is 40.9. The van der Waals surface area contributed by atoms with Crippen LogP contribution < -0.4 is 10.6 Å². The number of nitrogens with zero attached hydrogens (tertiary/aromatic N) is 1. The van der Waals surface area contributed by atoms with Crippen molar-refractivity contribution in [2.75, 3.05) is 11.4 Å². The Morgan fingerprint density at radius 3 is 2.71 bits per heavy atom. The van der Waals surface area contributed by atoms with Gasteiger partial charge in [0.15, 0.2) is 0 Å². The molecule has 6 heteroatoms. The summed E-state index contributed by atoms with van der Waals surface area (Å²) in [6, 6.07) is 4.97. The van der Waals surface area contributed by atoms with Crippen LogP contribution in [0.25, 0.3) is 0 Å². The topological polar surface area (TPSA) is 46.3 Å². The van der Waals surface area contributed by atoms with E-state index in [1.807, 2.05) is 0 Å². The van der Waals surface area contributed by atoms with E-state index in [0.717, 1.165) is 0 Å². The van der Waals surface area contributed by atoms with E-state index in [4.69, 9.17) is 5.73 Å². The molecule has 2 N–H and O–H groups in total. The highest BCUT2D eigenvalue weighted by Gasteiger charge is 2.56. The van der Waals surface area contributed by atoms with Gasteiger partial charge in [-0.05, 0) is 31.0 Å². The van der Waals surface area contributed by atoms with Gasteiger partial charge in [-0.15, -0.1) is 0 Å². The molecule has 2 atom stereocenters. The molecule has 0 radical (unpaired) electrons. The van der Waals surface area contributed by atoms with E-state index in [0.29, 0.717) is 18.7 Å². The molecule has 1 amide bonds. The summed E-state index contributed by atoms with van der Waals surface area (Å²) in [5, 5.41) is 0. The number of rotatable bonds is 1. The monoisotopic (exact) mass is 298 g/mol. The second kappa shape index (κ2) is 4.73. The molecule has 1 aromatic rings. The summed E-state index contributed by atoms with van der Waals surface area (Å²) in [7, 11) is 0. The minimum atomic E-state index is -2.91. The van der Waals surface area contributed by atoms with Gasteiger partial charge in [0, 0.05) is 31.1 Å². The van der Waals surface area contributed by atoms with Crippen molar-refractivity contribution in [2.45, 2.75) is 37.6 Å². The number of amides is 1. The van der Waals surface area contributed by atoms with Gasteiger partial charge in [-0.3, -0.25) is 4.79 Å². The van der Waals surface area contributed by atoms with Crippen LogP contribution in [0, 0.1) is 11.2 Å². The predicted octanol–water partition coefficient (Wildman–Crippen LogP) is 2.70. The molecule has 0 aromatic heterocycles. The zero-order valence-electron chi connectivity index (χ0n) is 11.5. The molecule has 0 unspecified atom stereocenters. The van der Waals surface area contributed by atoms with Crippen molar-refractivity contribution in [1.82, 2.24) is 0 Å². The number of hydrogen-bond donors (Lipinski definition) is 1. The van der Waals surface area contributed by atoms with E-state index in [-0.39, 0.29) is 18.7 Å². The lowest BCUT2D eigenvalue weighted by molar-refractivity contribution is -0.139. The molecule has 3 nitrogen and oxygen atoms in total. The van der Waals surface area contributed by atoms with Gasteiger partial charge in [0.1, 0.15) is 5.82 Å². The number of carbonyl (C=O) groups is 1. The summed E-state index contributed by atoms with van der Waals surface area (Å²) in [5.74, 6) is -3.72. The fourth-order valence-corrected chi connectivity index (χ4v) is 3.66. The molecule has 0 bridgehead atoms. The molecule has 1 saturated heterocycles. The Labute approximate surface area is 120 Å². The first-order valence-corrected chi connectivity index (χ1v) is 7.02. The normalized spacial score (nSPS) is 31.9. The number of nitrogens with two attached hydrogens (primary N) is 1. The molecule has 2 fully saturated rings. The zero-order valence-corrected chi connectivity index (χ0v) is 11.5. The smallest absolute Gasteiger partial charge is 0.250 e. The van der Waals surface area contributed by atoms with Gasteiger partial charge in [-0.2, -0.15) is 0 Å². The van der Waals surface area contributed by atoms with E-state index in [2.05, 4.69) is 0 Å². The maximum Gasteiger partial charge on any atom is 0.250 e. The average Bonchev–Trinajstić information content (AvgIpc) is 2.64. The van der Waals surface area contributed by atoms with Crippen molar-refractivity contribution >= 4 is 11.6 Å². The van der Waals surface area contributed by atoms with Crippen molar-refractivity contribution in [1.29, 1.82) is 0 Å². The zero-order chi connectivity index (χ0) is 15.3. The Bertz CT molecular complexity index is 578. The van der Waals surface area contributed by atoms with Gasteiger partial charge in [0.2, 0.25) is 5.91 Å². The number of carbonyl (C=O) groups excluding carboxylic acids is 1. The third-order valence-corrected chi connectivity index (χ3v) is 4.44. The third-order valence-electron chi connectivity index (χ3n) is 4.44. The maximum atomic E-state index is 13.8. The molecule has 1 heterocycles. The quantitative estimate of drug-likeness (QED) is 0.866. The molecular weight excluding hydrogens is 281 g/mol. The van der Waals surface area contributed by atoms with Crippen LogP contribution in [-0.2, 0) is 4.79 Å². The van der Waals surface area contributed by atoms with Crippen molar-refractivity contribution < 1.29 is 18.0 Å². The molecule has 1 saturated carbocycles. The summed E-state index contributed by atoms with van der Waals surface area (Å²) in [5.41, 5.74) is 5.04. The van der Waals surface area contributed by atoms with Crippen molar-refractivity contribution in [3.63, 3.8) is 0 Å². The SMILES string of the molecule is N[C@H]1CC(F)(F)C[C@@]2(CCN(c3cccc(F)c3)C2=O)C1. The highest BCUT2D eigenvalue weighted by Crippen LogP contribution is 2.50. The Morgan fingerprint density at radius 1 is 1.29 bits per heavy atom. The first kappa shape index (κ1) is 14.4. The van der Waals surface area contributed by atoms with Crippen molar-refractivity contribution in [2.24, 2.45) is 11.1 Å². The van der Waals surface area contributed by atoms with Gasteiger partial charge in [0.05, 0.1) is 5.41 Å². The molecular formula is C15H17F3N2O. The van der Waals surface area contributed by atoms with E-state index in [9.17, 15) is 18.0 Å². The van der Waals surface area contributed by atoms with Crippen LogP contribution >= 0.6 is 0 Å². The fraction of sp³-hybridized carbons (Fsp3) is 0.533.